The fraction of sp³-hybridized carbons (Fsp3) is 0.200. The van der Waals surface area contributed by atoms with Crippen molar-refractivity contribution >= 4 is 43.2 Å². The van der Waals surface area contributed by atoms with Crippen LogP contribution in [0.5, 0.6) is 0 Å². The minimum absolute atomic E-state index is 0.198. The first-order valence-corrected chi connectivity index (χ1v) is 7.83. The lowest BCUT2D eigenvalue weighted by Crippen LogP contribution is -2.24. The summed E-state index contributed by atoms with van der Waals surface area (Å²) in [6.07, 6.45) is 0.957. The number of nitrogens with two attached hydrogens (primary N) is 1. The zero-order chi connectivity index (χ0) is 14.6. The molecule has 104 valence electrons. The van der Waals surface area contributed by atoms with Gasteiger partial charge in [-0.2, -0.15) is 0 Å². The van der Waals surface area contributed by atoms with Crippen LogP contribution in [-0.2, 0) is 14.6 Å². The second-order valence-corrected chi connectivity index (χ2v) is 6.85. The Morgan fingerprint density at radius 1 is 1.53 bits per heavy atom. The van der Waals surface area contributed by atoms with Gasteiger partial charge in [0.25, 0.3) is 0 Å². The number of rotatable bonds is 4. The van der Waals surface area contributed by atoms with Gasteiger partial charge in [-0.3, -0.25) is 4.79 Å². The van der Waals surface area contributed by atoms with E-state index < -0.39 is 21.5 Å². The van der Waals surface area contributed by atoms with Crippen LogP contribution in [0.25, 0.3) is 0 Å². The Morgan fingerprint density at radius 3 is 2.68 bits per heavy atom. The molecule has 0 aliphatic carbocycles. The second-order valence-electron chi connectivity index (χ2n) is 3.79. The second kappa shape index (κ2) is 6.02. The molecule has 0 spiro atoms. The topological polar surface area (TPSA) is 122 Å². The number of carbonyl (C=O) groups excluding carboxylic acids is 1. The molecule has 4 N–H and O–H groups in total. The normalized spacial score (nSPS) is 12.2. The number of amides is 1. The molecular weight excluding hydrogens is 338 g/mol. The monoisotopic (exact) mass is 349 g/mol. The van der Waals surface area contributed by atoms with Gasteiger partial charge < -0.3 is 16.3 Å². The molecule has 1 rings (SSSR count). The molecule has 0 saturated heterocycles. The van der Waals surface area contributed by atoms with E-state index in [-0.39, 0.29) is 17.1 Å². The van der Waals surface area contributed by atoms with Gasteiger partial charge in [-0.15, -0.1) is 0 Å². The first kappa shape index (κ1) is 15.4. The number of carbonyl (C=O) groups is 1. The Balaban J connectivity index is 3.05. The summed E-state index contributed by atoms with van der Waals surface area (Å²) in [6, 6.07) is 4.67. The summed E-state index contributed by atoms with van der Waals surface area (Å²) in [5, 5.41) is 13.9. The highest BCUT2D eigenvalue weighted by molar-refractivity contribution is 9.10. The van der Waals surface area contributed by atoms with E-state index in [1.165, 1.54) is 12.1 Å². The number of halogens is 1. The Labute approximate surface area is 118 Å². The summed E-state index contributed by atoms with van der Waals surface area (Å²) in [5.41, 5.74) is 6.01. The number of amidine groups is 1. The molecule has 0 fully saturated rings. The van der Waals surface area contributed by atoms with Crippen LogP contribution in [-0.4, -0.2) is 37.4 Å². The average molecular weight is 350 g/mol. The van der Waals surface area contributed by atoms with Crippen molar-refractivity contribution in [2.24, 2.45) is 10.9 Å². The van der Waals surface area contributed by atoms with E-state index in [1.54, 1.807) is 6.07 Å². The Bertz CT molecular complexity index is 628. The highest BCUT2D eigenvalue weighted by Gasteiger charge is 2.14. The lowest BCUT2D eigenvalue weighted by molar-refractivity contribution is -0.113. The molecule has 0 unspecified atom stereocenters. The molecule has 0 aliphatic rings. The van der Waals surface area contributed by atoms with Gasteiger partial charge in [-0.25, -0.2) is 8.42 Å². The zero-order valence-corrected chi connectivity index (χ0v) is 12.3. The van der Waals surface area contributed by atoms with Crippen molar-refractivity contribution < 1.29 is 18.4 Å². The summed E-state index contributed by atoms with van der Waals surface area (Å²) in [7, 11) is -3.42. The van der Waals surface area contributed by atoms with Crippen LogP contribution in [0.1, 0.15) is 5.56 Å². The third kappa shape index (κ3) is 4.87. The molecule has 1 aromatic rings. The first-order chi connectivity index (χ1) is 8.73. The molecule has 0 aliphatic heterocycles. The quantitative estimate of drug-likeness (QED) is 0.316. The van der Waals surface area contributed by atoms with Gasteiger partial charge in [-0.05, 0) is 18.2 Å². The van der Waals surface area contributed by atoms with E-state index in [9.17, 15) is 13.2 Å². The minimum atomic E-state index is -3.42. The van der Waals surface area contributed by atoms with E-state index in [0.717, 1.165) is 6.26 Å². The largest absolute Gasteiger partial charge is 0.409 e. The van der Waals surface area contributed by atoms with Gasteiger partial charge in [0.05, 0.1) is 5.69 Å². The molecule has 1 aromatic carbocycles. The first-order valence-electron chi connectivity index (χ1n) is 4.98. The van der Waals surface area contributed by atoms with Crippen LogP contribution in [0.15, 0.2) is 27.8 Å². The number of nitrogens with one attached hydrogen (secondary N) is 1. The van der Waals surface area contributed by atoms with E-state index in [0.29, 0.717) is 4.47 Å². The predicted octanol–water partition coefficient (Wildman–Crippen LogP) is 0.527. The maximum Gasteiger partial charge on any atom is 0.239 e. The van der Waals surface area contributed by atoms with Gasteiger partial charge in [-0.1, -0.05) is 21.1 Å². The number of sulfone groups is 1. The van der Waals surface area contributed by atoms with Crippen molar-refractivity contribution in [3.8, 4) is 0 Å². The van der Waals surface area contributed by atoms with E-state index in [4.69, 9.17) is 10.9 Å². The number of hydrogen-bond acceptors (Lipinski definition) is 5. The summed E-state index contributed by atoms with van der Waals surface area (Å²) < 4.78 is 22.7. The summed E-state index contributed by atoms with van der Waals surface area (Å²) in [5.74, 6) is -1.54. The van der Waals surface area contributed by atoms with Gasteiger partial charge in [0, 0.05) is 16.3 Å². The molecule has 0 heterocycles. The van der Waals surface area contributed by atoms with Gasteiger partial charge in [0.1, 0.15) is 5.75 Å². The van der Waals surface area contributed by atoms with E-state index in [2.05, 4.69) is 26.4 Å². The van der Waals surface area contributed by atoms with Crippen molar-refractivity contribution in [2.45, 2.75) is 0 Å². The number of anilines is 1. The van der Waals surface area contributed by atoms with Crippen molar-refractivity contribution in [3.05, 3.63) is 28.2 Å². The zero-order valence-electron chi connectivity index (χ0n) is 9.92. The number of nitrogens with zero attached hydrogens (tertiary/aromatic N) is 1. The molecule has 9 heteroatoms. The van der Waals surface area contributed by atoms with Crippen LogP contribution in [0.2, 0.25) is 0 Å². The van der Waals surface area contributed by atoms with Crippen LogP contribution in [0.4, 0.5) is 5.69 Å². The lowest BCUT2D eigenvalue weighted by atomic mass is 10.1. The van der Waals surface area contributed by atoms with Crippen LogP contribution >= 0.6 is 15.9 Å². The lowest BCUT2D eigenvalue weighted by Gasteiger charge is -2.10. The van der Waals surface area contributed by atoms with Crippen molar-refractivity contribution in [1.29, 1.82) is 0 Å². The number of benzene rings is 1. The maximum absolute atomic E-state index is 11.5. The molecule has 1 amide bonds. The highest BCUT2D eigenvalue weighted by Crippen LogP contribution is 2.21. The van der Waals surface area contributed by atoms with E-state index in [1.807, 2.05) is 0 Å². The van der Waals surface area contributed by atoms with Crippen LogP contribution in [0.3, 0.4) is 0 Å². The van der Waals surface area contributed by atoms with E-state index >= 15 is 0 Å². The smallest absolute Gasteiger partial charge is 0.239 e. The number of oxime groups is 1. The summed E-state index contributed by atoms with van der Waals surface area (Å²) in [6.45, 7) is 0. The Hall–Kier alpha value is -1.61. The third-order valence-corrected chi connectivity index (χ3v) is 3.31. The van der Waals surface area contributed by atoms with Gasteiger partial charge in [0.2, 0.25) is 5.91 Å². The Kier molecular flexibility index (Phi) is 4.90. The van der Waals surface area contributed by atoms with Crippen LogP contribution < -0.4 is 11.1 Å². The van der Waals surface area contributed by atoms with Gasteiger partial charge in [0.15, 0.2) is 15.7 Å². The molecule has 0 aromatic heterocycles. The Morgan fingerprint density at radius 2 is 2.16 bits per heavy atom. The standard InChI is InChI=1S/C10H12BrN3O4S/c1-19(17,18)5-9(15)13-8-3-2-6(11)4-7(8)10(12)14-16/h2-4,16H,5H2,1H3,(H2,12,14)(H,13,15). The fourth-order valence-corrected chi connectivity index (χ4v) is 2.23. The molecule has 19 heavy (non-hydrogen) atoms. The van der Waals surface area contributed by atoms with Crippen molar-refractivity contribution in [3.63, 3.8) is 0 Å². The maximum atomic E-state index is 11.5. The highest BCUT2D eigenvalue weighted by atomic mass is 79.9. The molecule has 0 bridgehead atoms. The summed E-state index contributed by atoms with van der Waals surface area (Å²) >= 11 is 3.21. The average Bonchev–Trinajstić information content (AvgIpc) is 2.28. The number of hydrogen-bond donors (Lipinski definition) is 3. The van der Waals surface area contributed by atoms with Crippen molar-refractivity contribution in [2.75, 3.05) is 17.3 Å². The predicted molar refractivity (Wildman–Crippen MR) is 75.0 cm³/mol. The SMILES string of the molecule is CS(=O)(=O)CC(=O)Nc1ccc(Br)cc1/C(N)=N/O. The molecule has 0 radical (unpaired) electrons. The summed E-state index contributed by atoms with van der Waals surface area (Å²) in [4.78, 5) is 11.5. The minimum Gasteiger partial charge on any atom is -0.409 e. The van der Waals surface area contributed by atoms with Crippen molar-refractivity contribution in [1.82, 2.24) is 0 Å². The molecule has 0 saturated carbocycles. The van der Waals surface area contributed by atoms with Gasteiger partial charge >= 0.3 is 0 Å². The fourth-order valence-electron chi connectivity index (χ4n) is 1.32. The molecule has 0 atom stereocenters. The molecule has 7 nitrogen and oxygen atoms in total. The third-order valence-electron chi connectivity index (χ3n) is 2.03. The van der Waals surface area contributed by atoms with Crippen LogP contribution in [0, 0.1) is 0 Å². The molecular formula is C10H12BrN3O4S.